The summed E-state index contributed by atoms with van der Waals surface area (Å²) in [5, 5.41) is 19.6. The molecule has 132 valence electrons. The molecule has 0 radical (unpaired) electrons. The summed E-state index contributed by atoms with van der Waals surface area (Å²) in [6, 6.07) is 3.59. The first-order valence-electron chi connectivity index (χ1n) is 7.12. The van der Waals surface area contributed by atoms with Crippen molar-refractivity contribution in [3.63, 3.8) is 0 Å². The van der Waals surface area contributed by atoms with Crippen molar-refractivity contribution in [1.82, 2.24) is 4.90 Å². The van der Waals surface area contributed by atoms with Gasteiger partial charge in [-0.3, -0.25) is 10.1 Å². The zero-order valence-corrected chi connectivity index (χ0v) is 13.9. The van der Waals surface area contributed by atoms with Crippen molar-refractivity contribution in [2.24, 2.45) is 0 Å². The molecule has 0 saturated carbocycles. The van der Waals surface area contributed by atoms with Crippen molar-refractivity contribution in [3.8, 4) is 5.75 Å². The molecule has 0 spiro atoms. The second-order valence-corrected chi connectivity index (χ2v) is 6.07. The lowest BCUT2D eigenvalue weighted by molar-refractivity contribution is -0.384. The van der Waals surface area contributed by atoms with Gasteiger partial charge in [-0.15, -0.1) is 0 Å². The van der Waals surface area contributed by atoms with Gasteiger partial charge in [0.05, 0.1) is 4.92 Å². The molecule has 0 aliphatic rings. The largest absolute Gasteiger partial charge is 0.511 e. The standard InChI is InChI=1S/C15H20N2O7/c1-15(2,3)24-13(18)16(4)8-7-10-9-11(17(21)22)5-6-12(10)23-14(19)20/h5-6,9H,7-8H2,1-4H3,(H,19,20). The Morgan fingerprint density at radius 3 is 2.46 bits per heavy atom. The van der Waals surface area contributed by atoms with E-state index in [2.05, 4.69) is 4.74 Å². The van der Waals surface area contributed by atoms with Gasteiger partial charge in [0.2, 0.25) is 0 Å². The molecule has 1 amide bonds. The highest BCUT2D eigenvalue weighted by Crippen LogP contribution is 2.25. The summed E-state index contributed by atoms with van der Waals surface area (Å²) in [6.07, 6.45) is -1.90. The first-order valence-corrected chi connectivity index (χ1v) is 7.12. The molecular formula is C15H20N2O7. The molecule has 9 heteroatoms. The Labute approximate surface area is 138 Å². The zero-order chi connectivity index (χ0) is 18.5. The van der Waals surface area contributed by atoms with Gasteiger partial charge >= 0.3 is 12.2 Å². The molecule has 1 rings (SSSR count). The second kappa shape index (κ2) is 7.62. The minimum atomic E-state index is -1.52. The number of carbonyl (C=O) groups excluding carboxylic acids is 1. The molecule has 0 fully saturated rings. The summed E-state index contributed by atoms with van der Waals surface area (Å²) in [4.78, 5) is 34.2. The van der Waals surface area contributed by atoms with E-state index in [9.17, 15) is 19.7 Å². The van der Waals surface area contributed by atoms with E-state index in [1.54, 1.807) is 20.8 Å². The highest BCUT2D eigenvalue weighted by atomic mass is 16.7. The Morgan fingerprint density at radius 1 is 1.33 bits per heavy atom. The van der Waals surface area contributed by atoms with E-state index in [1.165, 1.54) is 24.1 Å². The summed E-state index contributed by atoms with van der Waals surface area (Å²) < 4.78 is 9.81. The number of hydrogen-bond acceptors (Lipinski definition) is 6. The number of nitro groups is 1. The third-order valence-electron chi connectivity index (χ3n) is 2.87. The Morgan fingerprint density at radius 2 is 1.96 bits per heavy atom. The molecular weight excluding hydrogens is 320 g/mol. The van der Waals surface area contributed by atoms with Crippen LogP contribution in [-0.2, 0) is 11.2 Å². The number of rotatable bonds is 5. The molecule has 0 aliphatic carbocycles. The molecule has 0 bridgehead atoms. The second-order valence-electron chi connectivity index (χ2n) is 6.07. The number of amides is 1. The van der Waals surface area contributed by atoms with Crippen molar-refractivity contribution in [2.45, 2.75) is 32.8 Å². The topological polar surface area (TPSA) is 119 Å². The van der Waals surface area contributed by atoms with E-state index in [-0.39, 0.29) is 24.4 Å². The van der Waals surface area contributed by atoms with Crippen LogP contribution < -0.4 is 4.74 Å². The van der Waals surface area contributed by atoms with Gasteiger partial charge in [-0.2, -0.15) is 0 Å². The van der Waals surface area contributed by atoms with Crippen LogP contribution in [0, 0.1) is 10.1 Å². The maximum absolute atomic E-state index is 11.9. The van der Waals surface area contributed by atoms with Gasteiger partial charge in [0.15, 0.2) is 0 Å². The lowest BCUT2D eigenvalue weighted by Gasteiger charge is -2.24. The Hall–Kier alpha value is -2.84. The number of ether oxygens (including phenoxy) is 2. The molecule has 0 aliphatic heterocycles. The number of benzene rings is 1. The number of carboxylic acid groups (broad SMARTS) is 1. The molecule has 24 heavy (non-hydrogen) atoms. The van der Waals surface area contributed by atoms with Gasteiger partial charge in [0.1, 0.15) is 11.4 Å². The van der Waals surface area contributed by atoms with Crippen molar-refractivity contribution >= 4 is 17.9 Å². The first kappa shape index (κ1) is 19.2. The molecule has 0 aromatic heterocycles. The SMILES string of the molecule is CN(CCc1cc([N+](=O)[O-])ccc1OC(=O)O)C(=O)OC(C)(C)C. The molecule has 1 aromatic rings. The summed E-state index contributed by atoms with van der Waals surface area (Å²) >= 11 is 0. The van der Waals surface area contributed by atoms with Gasteiger partial charge < -0.3 is 19.5 Å². The summed E-state index contributed by atoms with van der Waals surface area (Å²) in [5.41, 5.74) is -0.529. The fourth-order valence-corrected chi connectivity index (χ4v) is 1.79. The highest BCUT2D eigenvalue weighted by Gasteiger charge is 2.20. The lowest BCUT2D eigenvalue weighted by atomic mass is 10.1. The fraction of sp³-hybridized carbons (Fsp3) is 0.467. The molecule has 9 nitrogen and oxygen atoms in total. The number of nitro benzene ring substituents is 1. The van der Waals surface area contributed by atoms with Crippen LogP contribution >= 0.6 is 0 Å². The quantitative estimate of drug-likeness (QED) is 0.378. The van der Waals surface area contributed by atoms with Crippen LogP contribution in [0.1, 0.15) is 26.3 Å². The van der Waals surface area contributed by atoms with Gasteiger partial charge in [0, 0.05) is 31.3 Å². The van der Waals surface area contributed by atoms with Crippen molar-refractivity contribution in [1.29, 1.82) is 0 Å². The zero-order valence-electron chi connectivity index (χ0n) is 13.9. The van der Waals surface area contributed by atoms with Crippen molar-refractivity contribution in [3.05, 3.63) is 33.9 Å². The maximum atomic E-state index is 11.9. The maximum Gasteiger partial charge on any atom is 0.511 e. The van der Waals surface area contributed by atoms with E-state index in [0.717, 1.165) is 6.07 Å². The minimum Gasteiger partial charge on any atom is -0.449 e. The number of hydrogen-bond donors (Lipinski definition) is 1. The van der Waals surface area contributed by atoms with Crippen LogP contribution in [0.15, 0.2) is 18.2 Å². The number of likely N-dealkylation sites (N-methyl/N-ethyl adjacent to an activating group) is 1. The third kappa shape index (κ3) is 6.11. The van der Waals surface area contributed by atoms with Crippen LogP contribution in [-0.4, -0.2) is 46.4 Å². The Kier molecular flexibility index (Phi) is 6.10. The molecule has 0 unspecified atom stereocenters. The molecule has 0 atom stereocenters. The number of nitrogens with zero attached hydrogens (tertiary/aromatic N) is 2. The van der Waals surface area contributed by atoms with Crippen LogP contribution in [0.4, 0.5) is 15.3 Å². The highest BCUT2D eigenvalue weighted by molar-refractivity contribution is 5.68. The normalized spacial score (nSPS) is 10.8. The molecule has 1 N–H and O–H groups in total. The average molecular weight is 340 g/mol. The van der Waals surface area contributed by atoms with Crippen molar-refractivity contribution < 1.29 is 29.1 Å². The van der Waals surface area contributed by atoms with E-state index >= 15 is 0 Å². The lowest BCUT2D eigenvalue weighted by Crippen LogP contribution is -2.35. The molecule has 0 heterocycles. The summed E-state index contributed by atoms with van der Waals surface area (Å²) in [7, 11) is 1.52. The molecule has 0 saturated heterocycles. The van der Waals surface area contributed by atoms with E-state index in [0.29, 0.717) is 5.56 Å². The third-order valence-corrected chi connectivity index (χ3v) is 2.87. The average Bonchev–Trinajstić information content (AvgIpc) is 2.43. The number of carbonyl (C=O) groups is 2. The van der Waals surface area contributed by atoms with Gasteiger partial charge in [-0.1, -0.05) is 0 Å². The van der Waals surface area contributed by atoms with E-state index in [4.69, 9.17) is 9.84 Å². The predicted octanol–water partition coefficient (Wildman–Crippen LogP) is 3.06. The van der Waals surface area contributed by atoms with Crippen LogP contribution in [0.3, 0.4) is 0 Å². The predicted molar refractivity (Wildman–Crippen MR) is 84.3 cm³/mol. The smallest absolute Gasteiger partial charge is 0.449 e. The van der Waals surface area contributed by atoms with Crippen LogP contribution in [0.25, 0.3) is 0 Å². The summed E-state index contributed by atoms with van der Waals surface area (Å²) in [5.74, 6) is -0.00862. The van der Waals surface area contributed by atoms with E-state index < -0.39 is 22.8 Å². The minimum absolute atomic E-state index is 0.00862. The fourth-order valence-electron chi connectivity index (χ4n) is 1.79. The van der Waals surface area contributed by atoms with Crippen molar-refractivity contribution in [2.75, 3.05) is 13.6 Å². The Balaban J connectivity index is 2.87. The monoisotopic (exact) mass is 340 g/mol. The van der Waals surface area contributed by atoms with Gasteiger partial charge in [0.25, 0.3) is 5.69 Å². The van der Waals surface area contributed by atoms with E-state index in [1.807, 2.05) is 0 Å². The Bertz CT molecular complexity index is 637. The van der Waals surface area contributed by atoms with Crippen LogP contribution in [0.2, 0.25) is 0 Å². The molecule has 1 aromatic carbocycles. The van der Waals surface area contributed by atoms with Gasteiger partial charge in [-0.25, -0.2) is 9.59 Å². The van der Waals surface area contributed by atoms with Crippen LogP contribution in [0.5, 0.6) is 5.75 Å². The number of non-ortho nitro benzene ring substituents is 1. The first-order chi connectivity index (χ1) is 11.0. The van der Waals surface area contributed by atoms with Gasteiger partial charge in [-0.05, 0) is 33.3 Å². The summed E-state index contributed by atoms with van der Waals surface area (Å²) in [6.45, 7) is 5.38.